The molecule has 0 saturated carbocycles. The first-order chi connectivity index (χ1) is 11.5. The highest BCUT2D eigenvalue weighted by Gasteiger charge is 2.35. The molecule has 0 heterocycles. The second kappa shape index (κ2) is 10.0. The zero-order valence-corrected chi connectivity index (χ0v) is 17.1. The van der Waals surface area contributed by atoms with Crippen LogP contribution in [0, 0.1) is 0 Å². The normalized spacial score (nSPS) is 13.2. The predicted molar refractivity (Wildman–Crippen MR) is 98.1 cm³/mol. The average Bonchev–Trinajstić information content (AvgIpc) is 2.66. The summed E-state index contributed by atoms with van der Waals surface area (Å²) in [6, 6.07) is 7.90. The minimum absolute atomic E-state index is 0.989. The first-order valence-electron chi connectivity index (χ1n) is 7.32. The quantitative estimate of drug-likeness (QED) is 0.590. The molecule has 1 aromatic rings. The lowest BCUT2D eigenvalue weighted by Gasteiger charge is -2.21. The topological polar surface area (TPSA) is 55.4 Å². The molecule has 0 saturated heterocycles. The van der Waals surface area contributed by atoms with Crippen molar-refractivity contribution in [2.75, 3.05) is 42.7 Å². The summed E-state index contributed by atoms with van der Waals surface area (Å²) in [5.41, 5.74) is 5.66. The Hall–Kier alpha value is -1.11. The van der Waals surface area contributed by atoms with Gasteiger partial charge in [0.25, 0.3) is 0 Å². The molecule has 8 heteroatoms. The molecule has 1 aromatic carbocycles. The highest BCUT2D eigenvalue weighted by atomic mass is 28.4. The van der Waals surface area contributed by atoms with Crippen LogP contribution in [-0.4, -0.2) is 60.3 Å². The molecular weight excluding hydrogens is 344 g/mol. The molecule has 24 heavy (non-hydrogen) atoms. The summed E-state index contributed by atoms with van der Waals surface area (Å²) in [6.07, 6.45) is 3.86. The Morgan fingerprint density at radius 1 is 0.583 bits per heavy atom. The van der Waals surface area contributed by atoms with Crippen LogP contribution in [0.15, 0.2) is 35.7 Å². The van der Waals surface area contributed by atoms with Gasteiger partial charge in [-0.3, -0.25) is 0 Å². The van der Waals surface area contributed by atoms with Gasteiger partial charge in [0, 0.05) is 42.7 Å². The summed E-state index contributed by atoms with van der Waals surface area (Å²) >= 11 is 0. The van der Waals surface area contributed by atoms with Crippen LogP contribution < -0.4 is 0 Å². The van der Waals surface area contributed by atoms with Crippen molar-refractivity contribution in [2.24, 2.45) is 0 Å². The molecular formula is C16H26O6Si2. The van der Waals surface area contributed by atoms with E-state index in [2.05, 4.69) is 0 Å². The Morgan fingerprint density at radius 2 is 0.875 bits per heavy atom. The van der Waals surface area contributed by atoms with Crippen molar-refractivity contribution in [3.05, 3.63) is 46.8 Å². The van der Waals surface area contributed by atoms with Crippen LogP contribution in [0.25, 0.3) is 12.2 Å². The van der Waals surface area contributed by atoms with Crippen molar-refractivity contribution >= 4 is 29.8 Å². The van der Waals surface area contributed by atoms with E-state index >= 15 is 0 Å². The van der Waals surface area contributed by atoms with Crippen molar-refractivity contribution in [1.82, 2.24) is 0 Å². The fourth-order valence-electron chi connectivity index (χ4n) is 2.11. The number of hydrogen-bond acceptors (Lipinski definition) is 6. The van der Waals surface area contributed by atoms with E-state index in [0.29, 0.717) is 0 Å². The number of benzene rings is 1. The molecule has 0 atom stereocenters. The lowest BCUT2D eigenvalue weighted by molar-refractivity contribution is 0.138. The molecule has 0 fully saturated rings. The van der Waals surface area contributed by atoms with Crippen molar-refractivity contribution in [2.45, 2.75) is 0 Å². The van der Waals surface area contributed by atoms with E-state index in [9.17, 15) is 0 Å². The van der Waals surface area contributed by atoms with E-state index in [1.807, 2.05) is 47.8 Å². The van der Waals surface area contributed by atoms with E-state index in [1.165, 1.54) is 0 Å². The van der Waals surface area contributed by atoms with Crippen molar-refractivity contribution in [1.29, 1.82) is 0 Å². The maximum absolute atomic E-state index is 5.40. The van der Waals surface area contributed by atoms with Crippen LogP contribution in [0.1, 0.15) is 11.1 Å². The number of hydrogen-bond donors (Lipinski definition) is 0. The summed E-state index contributed by atoms with van der Waals surface area (Å²) in [7, 11) is 3.90. The zero-order valence-electron chi connectivity index (χ0n) is 15.1. The highest BCUT2D eigenvalue weighted by molar-refractivity contribution is 6.67. The molecule has 1 rings (SSSR count). The average molecular weight is 371 g/mol. The van der Waals surface area contributed by atoms with E-state index in [-0.39, 0.29) is 0 Å². The highest BCUT2D eigenvalue weighted by Crippen LogP contribution is 2.18. The summed E-state index contributed by atoms with van der Waals surface area (Å²) in [5.74, 6) is 0. The van der Waals surface area contributed by atoms with Crippen molar-refractivity contribution in [3.8, 4) is 0 Å². The summed E-state index contributed by atoms with van der Waals surface area (Å²) < 4.78 is 32.4. The molecule has 0 N–H and O–H groups in total. The minimum Gasteiger partial charge on any atom is -0.374 e. The van der Waals surface area contributed by atoms with Crippen molar-refractivity contribution in [3.63, 3.8) is 0 Å². The van der Waals surface area contributed by atoms with E-state index in [4.69, 9.17) is 26.6 Å². The van der Waals surface area contributed by atoms with Crippen molar-refractivity contribution < 1.29 is 26.6 Å². The zero-order chi connectivity index (χ0) is 18.1. The third-order valence-electron chi connectivity index (χ3n) is 3.64. The van der Waals surface area contributed by atoms with Gasteiger partial charge in [0.05, 0.1) is 0 Å². The van der Waals surface area contributed by atoms with Gasteiger partial charge in [0.2, 0.25) is 0 Å². The summed E-state index contributed by atoms with van der Waals surface area (Å²) in [6.45, 7) is 0. The second-order valence-electron chi connectivity index (χ2n) is 4.73. The van der Waals surface area contributed by atoms with Crippen LogP contribution in [-0.2, 0) is 26.6 Å². The van der Waals surface area contributed by atoms with Gasteiger partial charge >= 0.3 is 17.6 Å². The van der Waals surface area contributed by atoms with Gasteiger partial charge < -0.3 is 26.6 Å². The molecule has 0 aromatic heterocycles. The molecule has 0 radical (unpaired) electrons. The fraction of sp³-hybridized carbons (Fsp3) is 0.375. The predicted octanol–water partition coefficient (Wildman–Crippen LogP) is 2.55. The second-order valence-corrected chi connectivity index (χ2v) is 10.3. The van der Waals surface area contributed by atoms with Crippen LogP contribution in [0.4, 0.5) is 0 Å². The molecule has 0 aliphatic heterocycles. The van der Waals surface area contributed by atoms with Gasteiger partial charge in [-0.25, -0.2) is 0 Å². The van der Waals surface area contributed by atoms with Gasteiger partial charge in [-0.15, -0.1) is 0 Å². The number of rotatable bonds is 10. The molecule has 0 aliphatic carbocycles. The Bertz CT molecular complexity index is 488. The van der Waals surface area contributed by atoms with Crippen LogP contribution in [0.5, 0.6) is 0 Å². The molecule has 6 nitrogen and oxygen atoms in total. The maximum Gasteiger partial charge on any atom is 0.528 e. The standard InChI is InChI=1S/C16H26O6Si2/c1-17-23(18-2,19-3)13-11-15-9-7-8-10-16(15)12-14-24(20-4,21-5)22-6/h7-14H,1-6H3/b13-11+,14-12+. The smallest absolute Gasteiger partial charge is 0.374 e. The lowest BCUT2D eigenvalue weighted by Crippen LogP contribution is -2.41. The monoisotopic (exact) mass is 370 g/mol. The summed E-state index contributed by atoms with van der Waals surface area (Å²) in [5, 5.41) is 0. The van der Waals surface area contributed by atoms with E-state index in [0.717, 1.165) is 11.1 Å². The Balaban J connectivity index is 3.13. The van der Waals surface area contributed by atoms with E-state index < -0.39 is 17.6 Å². The molecule has 134 valence electrons. The third kappa shape index (κ3) is 5.20. The largest absolute Gasteiger partial charge is 0.528 e. The molecule has 0 unspecified atom stereocenters. The molecule has 0 spiro atoms. The van der Waals surface area contributed by atoms with E-state index in [1.54, 1.807) is 42.7 Å². The lowest BCUT2D eigenvalue weighted by atomic mass is 10.1. The van der Waals surface area contributed by atoms with Crippen LogP contribution in [0.3, 0.4) is 0 Å². The van der Waals surface area contributed by atoms with Crippen LogP contribution >= 0.6 is 0 Å². The molecule has 0 amide bonds. The first-order valence-corrected chi connectivity index (χ1v) is 10.9. The summed E-state index contributed by atoms with van der Waals surface area (Å²) in [4.78, 5) is 0. The van der Waals surface area contributed by atoms with Gasteiger partial charge in [0.15, 0.2) is 0 Å². The maximum atomic E-state index is 5.40. The van der Waals surface area contributed by atoms with Gasteiger partial charge in [-0.2, -0.15) is 0 Å². The Labute approximate surface area is 146 Å². The molecule has 0 bridgehead atoms. The van der Waals surface area contributed by atoms with Gasteiger partial charge in [-0.1, -0.05) is 36.4 Å². The van der Waals surface area contributed by atoms with Crippen LogP contribution in [0.2, 0.25) is 0 Å². The SMILES string of the molecule is CO[Si](/C=C/c1ccccc1/C=C/[Si](OC)(OC)OC)(OC)OC. The minimum atomic E-state index is -2.77. The Morgan fingerprint density at radius 3 is 1.12 bits per heavy atom. The fourth-order valence-corrected chi connectivity index (χ4v) is 4.69. The van der Waals surface area contributed by atoms with Gasteiger partial charge in [0.1, 0.15) is 0 Å². The Kier molecular flexibility index (Phi) is 8.74. The molecule has 0 aliphatic rings. The first kappa shape index (κ1) is 20.9. The third-order valence-corrected chi connectivity index (χ3v) is 8.20. The van der Waals surface area contributed by atoms with Gasteiger partial charge in [-0.05, 0) is 22.5 Å².